The maximum Gasteiger partial charge on any atom is 1.00 e. The molecule has 1 atom stereocenters. The Morgan fingerprint density at radius 3 is 1.72 bits per heavy atom. The molecule has 0 aromatic carbocycles. The van der Waals surface area contributed by atoms with Crippen LogP contribution in [0.5, 0.6) is 0 Å². The van der Waals surface area contributed by atoms with Gasteiger partial charge in [-0.15, -0.1) is 0 Å². The Hall–Kier alpha value is 0.770. The maximum atomic E-state index is 10.8. The molecule has 9 nitrogen and oxygen atoms in total. The molecule has 12 heteroatoms. The largest absolute Gasteiger partial charge is 1.00 e. The van der Waals surface area contributed by atoms with Gasteiger partial charge in [0.25, 0.3) is 10.1 Å². The third kappa shape index (κ3) is 6.28. The molecule has 0 saturated carbocycles. The first kappa shape index (κ1) is 23.8. The second-order valence-corrected chi connectivity index (χ2v) is 4.72. The Kier molecular flexibility index (Phi) is 11.7. The van der Waals surface area contributed by atoms with Crippen molar-refractivity contribution in [2.75, 3.05) is 0 Å². The van der Waals surface area contributed by atoms with Crippen molar-refractivity contribution in [1.29, 1.82) is 0 Å². The van der Waals surface area contributed by atoms with Crippen LogP contribution in [-0.4, -0.2) is 46.2 Å². The van der Waals surface area contributed by atoms with Crippen molar-refractivity contribution in [3.63, 3.8) is 0 Å². The van der Waals surface area contributed by atoms with E-state index < -0.39 is 45.9 Å². The minimum atomic E-state index is -5.42. The van der Waals surface area contributed by atoms with Crippen molar-refractivity contribution in [2.45, 2.75) is 23.9 Å². The smallest absolute Gasteiger partial charge is 0.550 e. The first-order valence-electron chi connectivity index (χ1n) is 3.77. The van der Waals surface area contributed by atoms with Crippen LogP contribution in [0.25, 0.3) is 0 Å². The van der Waals surface area contributed by atoms with E-state index in [4.69, 9.17) is 14.8 Å². The van der Waals surface area contributed by atoms with E-state index in [1.807, 2.05) is 0 Å². The molecular weight excluding hydrogens is 294 g/mol. The van der Waals surface area contributed by atoms with E-state index in [1.165, 1.54) is 0 Å². The Balaban J connectivity index is -0.00000112. The molecule has 0 aliphatic rings. The topological polar surface area (TPSA) is 175 Å². The summed E-state index contributed by atoms with van der Waals surface area (Å²) in [7, 11) is -5.42. The molecule has 0 spiro atoms. The minimum Gasteiger partial charge on any atom is -0.550 e. The zero-order valence-electron chi connectivity index (χ0n) is 9.69. The normalized spacial score (nSPS) is 14.0. The standard InChI is InChI=1S/C6H10O9S.2Na/c7-3(8)1-6(5(11)12,2-4(9)10)16(13,14)15;;/h3,7-8H,1-2H2,(H,9,10)(H,11,12)(H,13,14,15);;/q;2*+1/p-2. The van der Waals surface area contributed by atoms with E-state index in [2.05, 4.69) is 0 Å². The molecule has 0 bridgehead atoms. The summed E-state index contributed by atoms with van der Waals surface area (Å²) in [5, 5.41) is 37.8. The summed E-state index contributed by atoms with van der Waals surface area (Å²) in [4.78, 5) is 20.8. The Labute approximate surface area is 147 Å². The third-order valence-corrected chi connectivity index (χ3v) is 3.27. The summed E-state index contributed by atoms with van der Waals surface area (Å²) in [6.45, 7) is 0. The summed E-state index contributed by atoms with van der Waals surface area (Å²) in [6, 6.07) is 0. The second-order valence-electron chi connectivity index (χ2n) is 2.99. The average Bonchev–Trinajstić information content (AvgIpc) is 1.97. The van der Waals surface area contributed by atoms with Gasteiger partial charge in [0.05, 0.1) is 5.97 Å². The van der Waals surface area contributed by atoms with Crippen LogP contribution >= 0.6 is 0 Å². The summed E-state index contributed by atoms with van der Waals surface area (Å²) in [6.07, 6.45) is -5.58. The molecule has 1 unspecified atom stereocenters. The van der Waals surface area contributed by atoms with E-state index in [0.29, 0.717) is 0 Å². The van der Waals surface area contributed by atoms with Gasteiger partial charge in [-0.25, -0.2) is 0 Å². The molecule has 0 aliphatic heterocycles. The van der Waals surface area contributed by atoms with Crippen molar-refractivity contribution in [1.82, 2.24) is 0 Å². The van der Waals surface area contributed by atoms with Crippen molar-refractivity contribution < 1.29 is 102 Å². The second kappa shape index (κ2) is 8.84. The van der Waals surface area contributed by atoms with E-state index >= 15 is 0 Å². The van der Waals surface area contributed by atoms with Gasteiger partial charge in [0.1, 0.15) is 4.75 Å². The molecular formula is C6H8Na2O9S. The van der Waals surface area contributed by atoms with Crippen molar-refractivity contribution in [3.8, 4) is 0 Å². The van der Waals surface area contributed by atoms with Crippen LogP contribution in [-0.2, 0) is 19.7 Å². The fraction of sp³-hybridized carbons (Fsp3) is 0.667. The fourth-order valence-electron chi connectivity index (χ4n) is 1.06. The number of carboxylic acid groups (broad SMARTS) is 2. The molecule has 0 aliphatic carbocycles. The number of rotatable bonds is 6. The number of hydrogen-bond acceptors (Lipinski definition) is 8. The molecule has 3 N–H and O–H groups in total. The van der Waals surface area contributed by atoms with E-state index in [-0.39, 0.29) is 59.1 Å². The first-order chi connectivity index (χ1) is 7.03. The number of carbonyl (C=O) groups excluding carboxylic acids is 2. The minimum absolute atomic E-state index is 0. The van der Waals surface area contributed by atoms with E-state index in [1.54, 1.807) is 0 Å². The Bertz CT molecular complexity index is 392. The molecule has 0 aromatic rings. The number of aliphatic hydroxyl groups is 2. The Morgan fingerprint density at radius 1 is 1.17 bits per heavy atom. The molecule has 18 heavy (non-hydrogen) atoms. The van der Waals surface area contributed by atoms with Gasteiger partial charge < -0.3 is 30.0 Å². The summed E-state index contributed by atoms with van der Waals surface area (Å²) in [5.74, 6) is -4.57. The number of carbonyl (C=O) groups is 2. The van der Waals surface area contributed by atoms with Gasteiger partial charge in [-0.2, -0.15) is 8.42 Å². The van der Waals surface area contributed by atoms with Crippen LogP contribution in [0, 0.1) is 0 Å². The number of hydrogen-bond donors (Lipinski definition) is 3. The van der Waals surface area contributed by atoms with Gasteiger partial charge in [-0.05, 0) is 0 Å². The SMILES string of the molecule is O=C([O-])CC(CC(O)O)(C(=O)[O-])S(=O)(=O)O.[Na+].[Na+]. The fourth-order valence-corrected chi connectivity index (χ4v) is 1.93. The molecule has 94 valence electrons. The summed E-state index contributed by atoms with van der Waals surface area (Å²) >= 11 is 0. The Morgan fingerprint density at radius 2 is 1.56 bits per heavy atom. The number of aliphatic hydroxyl groups excluding tert-OH is 1. The van der Waals surface area contributed by atoms with E-state index in [0.717, 1.165) is 0 Å². The zero-order chi connectivity index (χ0) is 13.1. The molecule has 0 amide bonds. The van der Waals surface area contributed by atoms with Crippen molar-refractivity contribution >= 4 is 22.1 Å². The average molecular weight is 302 g/mol. The first-order valence-corrected chi connectivity index (χ1v) is 5.21. The van der Waals surface area contributed by atoms with E-state index in [9.17, 15) is 28.2 Å². The van der Waals surface area contributed by atoms with Crippen LogP contribution in [0.15, 0.2) is 0 Å². The van der Waals surface area contributed by atoms with Gasteiger partial charge in [0, 0.05) is 18.8 Å². The van der Waals surface area contributed by atoms with Crippen molar-refractivity contribution in [3.05, 3.63) is 0 Å². The van der Waals surface area contributed by atoms with Gasteiger partial charge >= 0.3 is 59.1 Å². The van der Waals surface area contributed by atoms with Crippen LogP contribution < -0.4 is 69.3 Å². The summed E-state index contributed by atoms with van der Waals surface area (Å²) < 4.78 is 26.9. The quantitative estimate of drug-likeness (QED) is 0.244. The van der Waals surface area contributed by atoms with Crippen molar-refractivity contribution in [2.24, 2.45) is 0 Å². The monoisotopic (exact) mass is 302 g/mol. The van der Waals surface area contributed by atoms with Crippen LogP contribution in [0.4, 0.5) is 0 Å². The molecule has 0 rings (SSSR count). The van der Waals surface area contributed by atoms with Crippen LogP contribution in [0.3, 0.4) is 0 Å². The van der Waals surface area contributed by atoms with Crippen LogP contribution in [0.2, 0.25) is 0 Å². The number of carboxylic acids is 2. The zero-order valence-corrected chi connectivity index (χ0v) is 14.5. The van der Waals surface area contributed by atoms with Gasteiger partial charge in [0.2, 0.25) is 0 Å². The van der Waals surface area contributed by atoms with Gasteiger partial charge in [-0.3, -0.25) is 4.55 Å². The maximum absolute atomic E-state index is 10.8. The molecule has 0 heterocycles. The summed E-state index contributed by atoms with van der Waals surface area (Å²) in [5.41, 5.74) is 0. The van der Waals surface area contributed by atoms with Crippen LogP contribution in [0.1, 0.15) is 12.8 Å². The predicted octanol–water partition coefficient (Wildman–Crippen LogP) is -10.8. The molecule has 0 fully saturated rings. The van der Waals surface area contributed by atoms with Gasteiger partial charge in [0.15, 0.2) is 6.29 Å². The predicted molar refractivity (Wildman–Crippen MR) is 41.8 cm³/mol. The van der Waals surface area contributed by atoms with Gasteiger partial charge in [-0.1, -0.05) is 0 Å². The molecule has 0 saturated heterocycles. The third-order valence-electron chi connectivity index (χ3n) is 1.81. The number of aliphatic carboxylic acids is 2. The molecule has 0 aromatic heterocycles. The molecule has 0 radical (unpaired) electrons.